The molecule has 1 aromatic carbocycles. The standard InChI is InChI=1S/C18H27ClN2/c1-13-11-15(19)8-9-16(13)18(12-20)21-10-4-6-14-5-2-3-7-17(14)21/h8-9,11,14,17-18H,2-7,10,12,20H2,1H3. The van der Waals surface area contributed by atoms with Gasteiger partial charge in [-0.15, -0.1) is 0 Å². The van der Waals surface area contributed by atoms with Crippen molar-refractivity contribution in [2.24, 2.45) is 11.7 Å². The third-order valence-corrected chi connectivity index (χ3v) is 5.74. The van der Waals surface area contributed by atoms with E-state index in [2.05, 4.69) is 24.0 Å². The molecule has 1 saturated heterocycles. The summed E-state index contributed by atoms with van der Waals surface area (Å²) in [6.07, 6.45) is 8.31. The van der Waals surface area contributed by atoms with Crippen molar-refractivity contribution in [2.75, 3.05) is 13.1 Å². The van der Waals surface area contributed by atoms with Gasteiger partial charge in [0.15, 0.2) is 0 Å². The minimum Gasteiger partial charge on any atom is -0.329 e. The van der Waals surface area contributed by atoms with Crippen molar-refractivity contribution >= 4 is 11.6 Å². The quantitative estimate of drug-likeness (QED) is 0.902. The molecule has 2 fully saturated rings. The largest absolute Gasteiger partial charge is 0.329 e. The molecule has 21 heavy (non-hydrogen) atoms. The molecular formula is C18H27ClN2. The zero-order chi connectivity index (χ0) is 14.8. The van der Waals surface area contributed by atoms with Crippen LogP contribution in [0, 0.1) is 12.8 Å². The van der Waals surface area contributed by atoms with Crippen LogP contribution in [-0.2, 0) is 0 Å². The van der Waals surface area contributed by atoms with E-state index in [9.17, 15) is 0 Å². The molecule has 116 valence electrons. The number of piperidine rings is 1. The number of fused-ring (bicyclic) bond motifs is 1. The molecule has 0 bridgehead atoms. The second-order valence-corrected chi connectivity index (χ2v) is 7.18. The van der Waals surface area contributed by atoms with Crippen LogP contribution in [0.4, 0.5) is 0 Å². The first kappa shape index (κ1) is 15.3. The number of aryl methyl sites for hydroxylation is 1. The van der Waals surface area contributed by atoms with E-state index >= 15 is 0 Å². The van der Waals surface area contributed by atoms with Crippen LogP contribution >= 0.6 is 11.6 Å². The molecule has 1 saturated carbocycles. The number of halogens is 1. The average molecular weight is 307 g/mol. The van der Waals surface area contributed by atoms with E-state index < -0.39 is 0 Å². The van der Waals surface area contributed by atoms with E-state index in [1.54, 1.807) is 0 Å². The van der Waals surface area contributed by atoms with Gasteiger partial charge >= 0.3 is 0 Å². The second kappa shape index (κ2) is 6.68. The number of rotatable bonds is 3. The fraction of sp³-hybridized carbons (Fsp3) is 0.667. The summed E-state index contributed by atoms with van der Waals surface area (Å²) in [6, 6.07) is 7.36. The molecule has 2 nitrogen and oxygen atoms in total. The van der Waals surface area contributed by atoms with E-state index in [1.807, 2.05) is 6.07 Å². The van der Waals surface area contributed by atoms with Crippen LogP contribution in [0.5, 0.6) is 0 Å². The van der Waals surface area contributed by atoms with Gasteiger partial charge < -0.3 is 5.73 Å². The van der Waals surface area contributed by atoms with Crippen LogP contribution in [0.1, 0.15) is 55.7 Å². The Labute approximate surface area is 133 Å². The van der Waals surface area contributed by atoms with E-state index in [-0.39, 0.29) is 0 Å². The van der Waals surface area contributed by atoms with Gasteiger partial charge in [0.25, 0.3) is 0 Å². The van der Waals surface area contributed by atoms with Gasteiger partial charge in [-0.05, 0) is 68.3 Å². The highest BCUT2D eigenvalue weighted by atomic mass is 35.5. The molecular weight excluding hydrogens is 280 g/mol. The molecule has 0 amide bonds. The molecule has 0 radical (unpaired) electrons. The summed E-state index contributed by atoms with van der Waals surface area (Å²) in [7, 11) is 0. The number of benzene rings is 1. The van der Waals surface area contributed by atoms with Gasteiger partial charge in [-0.2, -0.15) is 0 Å². The lowest BCUT2D eigenvalue weighted by atomic mass is 9.77. The molecule has 1 heterocycles. The molecule has 2 N–H and O–H groups in total. The minimum absolute atomic E-state index is 0.355. The van der Waals surface area contributed by atoms with Crippen molar-refractivity contribution in [3.05, 3.63) is 34.3 Å². The summed E-state index contributed by atoms with van der Waals surface area (Å²) in [4.78, 5) is 2.71. The van der Waals surface area contributed by atoms with E-state index in [0.717, 1.165) is 17.0 Å². The lowest BCUT2D eigenvalue weighted by Gasteiger charge is -2.48. The minimum atomic E-state index is 0.355. The third kappa shape index (κ3) is 3.13. The molecule has 0 aromatic heterocycles. The van der Waals surface area contributed by atoms with Crippen molar-refractivity contribution in [2.45, 2.75) is 57.5 Å². The fourth-order valence-corrected chi connectivity index (χ4v) is 4.73. The van der Waals surface area contributed by atoms with Gasteiger partial charge in [0.05, 0.1) is 0 Å². The number of nitrogens with two attached hydrogens (primary N) is 1. The van der Waals surface area contributed by atoms with Gasteiger partial charge in [-0.25, -0.2) is 0 Å². The Morgan fingerprint density at radius 1 is 1.24 bits per heavy atom. The first-order valence-electron chi connectivity index (χ1n) is 8.42. The Balaban J connectivity index is 1.87. The van der Waals surface area contributed by atoms with Crippen molar-refractivity contribution in [3.63, 3.8) is 0 Å². The molecule has 0 spiro atoms. The molecule has 3 rings (SSSR count). The molecule has 2 aliphatic rings. The van der Waals surface area contributed by atoms with Gasteiger partial charge in [-0.1, -0.05) is 30.5 Å². The maximum Gasteiger partial charge on any atom is 0.0476 e. The van der Waals surface area contributed by atoms with E-state index in [4.69, 9.17) is 17.3 Å². The Morgan fingerprint density at radius 2 is 2.00 bits per heavy atom. The van der Waals surface area contributed by atoms with Crippen molar-refractivity contribution < 1.29 is 0 Å². The van der Waals surface area contributed by atoms with Gasteiger partial charge in [0.2, 0.25) is 0 Å². The summed E-state index contributed by atoms with van der Waals surface area (Å²) in [5.74, 6) is 0.897. The molecule has 1 aliphatic carbocycles. The highest BCUT2D eigenvalue weighted by Crippen LogP contribution is 2.39. The Bertz CT molecular complexity index is 486. The first-order valence-corrected chi connectivity index (χ1v) is 8.80. The SMILES string of the molecule is Cc1cc(Cl)ccc1C(CN)N1CCCC2CCCCC21. The van der Waals surface area contributed by atoms with E-state index in [0.29, 0.717) is 12.6 Å². The summed E-state index contributed by atoms with van der Waals surface area (Å²) in [5.41, 5.74) is 8.83. The van der Waals surface area contributed by atoms with Gasteiger partial charge in [0, 0.05) is 23.7 Å². The second-order valence-electron chi connectivity index (χ2n) is 6.74. The summed E-state index contributed by atoms with van der Waals surface area (Å²) >= 11 is 6.12. The Kier molecular flexibility index (Phi) is 4.88. The smallest absolute Gasteiger partial charge is 0.0476 e. The van der Waals surface area contributed by atoms with Crippen molar-refractivity contribution in [1.82, 2.24) is 4.90 Å². The first-order chi connectivity index (χ1) is 10.2. The third-order valence-electron chi connectivity index (χ3n) is 5.50. The van der Waals surface area contributed by atoms with E-state index in [1.165, 1.54) is 56.2 Å². The highest BCUT2D eigenvalue weighted by Gasteiger charge is 2.36. The maximum absolute atomic E-state index is 6.19. The lowest BCUT2D eigenvalue weighted by Crippen LogP contribution is -2.50. The normalized spacial score (nSPS) is 28.1. The zero-order valence-corrected chi connectivity index (χ0v) is 13.8. The molecule has 3 unspecified atom stereocenters. The lowest BCUT2D eigenvalue weighted by molar-refractivity contribution is 0.0274. The van der Waals surface area contributed by atoms with Crippen molar-refractivity contribution in [3.8, 4) is 0 Å². The predicted octanol–water partition coefficient (Wildman–Crippen LogP) is 4.30. The van der Waals surface area contributed by atoms with Crippen molar-refractivity contribution in [1.29, 1.82) is 0 Å². The number of hydrogen-bond donors (Lipinski definition) is 1. The number of hydrogen-bond acceptors (Lipinski definition) is 2. The number of likely N-dealkylation sites (tertiary alicyclic amines) is 1. The summed E-state index contributed by atoms with van der Waals surface area (Å²) in [6.45, 7) is 4.06. The summed E-state index contributed by atoms with van der Waals surface area (Å²) < 4.78 is 0. The van der Waals surface area contributed by atoms with Crippen LogP contribution in [0.25, 0.3) is 0 Å². The monoisotopic (exact) mass is 306 g/mol. The molecule has 3 heteroatoms. The van der Waals surface area contributed by atoms with Gasteiger partial charge in [-0.3, -0.25) is 4.90 Å². The van der Waals surface area contributed by atoms with Crippen LogP contribution in [0.2, 0.25) is 5.02 Å². The molecule has 1 aliphatic heterocycles. The molecule has 1 aromatic rings. The van der Waals surface area contributed by atoms with Crippen LogP contribution < -0.4 is 5.73 Å². The Hall–Kier alpha value is -0.570. The van der Waals surface area contributed by atoms with Crippen LogP contribution in [-0.4, -0.2) is 24.0 Å². The van der Waals surface area contributed by atoms with Gasteiger partial charge in [0.1, 0.15) is 0 Å². The predicted molar refractivity (Wildman–Crippen MR) is 89.7 cm³/mol. The molecule has 3 atom stereocenters. The fourth-order valence-electron chi connectivity index (χ4n) is 4.50. The zero-order valence-electron chi connectivity index (χ0n) is 13.0. The maximum atomic E-state index is 6.19. The topological polar surface area (TPSA) is 29.3 Å². The summed E-state index contributed by atoms with van der Waals surface area (Å²) in [5, 5.41) is 0.821. The number of nitrogens with zero attached hydrogens (tertiary/aromatic N) is 1. The van der Waals surface area contributed by atoms with Crippen LogP contribution in [0.15, 0.2) is 18.2 Å². The van der Waals surface area contributed by atoms with Crippen LogP contribution in [0.3, 0.4) is 0 Å². The Morgan fingerprint density at radius 3 is 2.76 bits per heavy atom. The average Bonchev–Trinajstić information content (AvgIpc) is 2.50. The highest BCUT2D eigenvalue weighted by molar-refractivity contribution is 6.30.